The molecule has 7 heteroatoms. The fourth-order valence-electron chi connectivity index (χ4n) is 3.43. The Bertz CT molecular complexity index is 1110. The number of aryl methyl sites for hydroxylation is 2. The topological polar surface area (TPSA) is 57.4 Å². The van der Waals surface area contributed by atoms with Crippen LogP contribution in [0.1, 0.15) is 28.7 Å². The monoisotopic (exact) mass is 441 g/mol. The van der Waals surface area contributed by atoms with E-state index in [9.17, 15) is 9.18 Å². The Morgan fingerprint density at radius 1 is 1.16 bits per heavy atom. The summed E-state index contributed by atoms with van der Waals surface area (Å²) in [5, 5.41) is 4.76. The Kier molecular flexibility index (Phi) is 7.76. The number of fused-ring (bicyclic) bond motifs is 1. The molecule has 5 nitrogen and oxygen atoms in total. The molecule has 0 fully saturated rings. The minimum atomic E-state index is -0.285. The number of aromatic amines is 1. The van der Waals surface area contributed by atoms with Gasteiger partial charge in [-0.1, -0.05) is 24.3 Å². The smallest absolute Gasteiger partial charge is 0.253 e. The summed E-state index contributed by atoms with van der Waals surface area (Å²) in [6, 6.07) is 12.3. The van der Waals surface area contributed by atoms with Crippen molar-refractivity contribution in [3.8, 4) is 0 Å². The van der Waals surface area contributed by atoms with Gasteiger partial charge in [-0.05, 0) is 72.8 Å². The summed E-state index contributed by atoms with van der Waals surface area (Å²) < 4.78 is 18.4. The van der Waals surface area contributed by atoms with E-state index in [1.165, 1.54) is 12.1 Å². The normalized spacial score (nSPS) is 11.0. The van der Waals surface area contributed by atoms with Gasteiger partial charge in [-0.15, -0.1) is 0 Å². The Labute approximate surface area is 187 Å². The molecule has 0 radical (unpaired) electrons. The number of H-pyrrole nitrogens is 1. The van der Waals surface area contributed by atoms with Gasteiger partial charge < -0.3 is 19.9 Å². The highest BCUT2D eigenvalue weighted by Crippen LogP contribution is 2.20. The zero-order chi connectivity index (χ0) is 22.4. The minimum absolute atomic E-state index is 0.132. The second kappa shape index (κ2) is 10.5. The maximum atomic E-state index is 13.3. The molecule has 0 bridgehead atoms. The van der Waals surface area contributed by atoms with Gasteiger partial charge in [-0.3, -0.25) is 4.79 Å². The third kappa shape index (κ3) is 5.89. The van der Waals surface area contributed by atoms with E-state index in [0.29, 0.717) is 36.9 Å². The zero-order valence-corrected chi connectivity index (χ0v) is 18.9. The molecule has 0 saturated heterocycles. The molecule has 3 rings (SSSR count). The van der Waals surface area contributed by atoms with Crippen molar-refractivity contribution in [2.45, 2.75) is 33.4 Å². The highest BCUT2D eigenvalue weighted by Gasteiger charge is 2.15. The number of benzene rings is 2. The molecule has 2 N–H and O–H groups in total. The SMILES string of the molecule is COCCCNC(=S)N(Cc1ccc(F)cc1)Cc1cc2ccc(C)c(C)c2[nH]c1=O. The number of aromatic nitrogens is 1. The molecule has 2 aromatic carbocycles. The average molecular weight is 442 g/mol. The first-order valence-electron chi connectivity index (χ1n) is 10.3. The summed E-state index contributed by atoms with van der Waals surface area (Å²) in [5.74, 6) is -0.285. The van der Waals surface area contributed by atoms with Crippen LogP contribution in [0, 0.1) is 19.7 Å². The van der Waals surface area contributed by atoms with Crippen molar-refractivity contribution in [2.75, 3.05) is 20.3 Å². The van der Waals surface area contributed by atoms with Crippen molar-refractivity contribution in [3.05, 3.63) is 80.9 Å². The molecule has 0 amide bonds. The van der Waals surface area contributed by atoms with Gasteiger partial charge >= 0.3 is 0 Å². The molecule has 0 aliphatic heterocycles. The van der Waals surface area contributed by atoms with Crippen molar-refractivity contribution in [1.29, 1.82) is 0 Å². The van der Waals surface area contributed by atoms with Crippen LogP contribution >= 0.6 is 12.2 Å². The predicted molar refractivity (Wildman–Crippen MR) is 127 cm³/mol. The largest absolute Gasteiger partial charge is 0.385 e. The lowest BCUT2D eigenvalue weighted by atomic mass is 10.0. The first-order chi connectivity index (χ1) is 14.9. The Morgan fingerprint density at radius 2 is 1.90 bits per heavy atom. The molecule has 0 aliphatic carbocycles. The summed E-state index contributed by atoms with van der Waals surface area (Å²) in [6.45, 7) is 6.13. The number of ether oxygens (including phenoxy) is 1. The van der Waals surface area contributed by atoms with E-state index in [1.54, 1.807) is 19.2 Å². The third-order valence-corrected chi connectivity index (χ3v) is 5.77. The van der Waals surface area contributed by atoms with Gasteiger partial charge in [0.2, 0.25) is 0 Å². The highest BCUT2D eigenvalue weighted by atomic mass is 32.1. The predicted octanol–water partition coefficient (Wildman–Crippen LogP) is 4.20. The van der Waals surface area contributed by atoms with Crippen molar-refractivity contribution in [3.63, 3.8) is 0 Å². The van der Waals surface area contributed by atoms with Crippen molar-refractivity contribution in [2.24, 2.45) is 0 Å². The van der Waals surface area contributed by atoms with Crippen LogP contribution in [-0.4, -0.2) is 35.3 Å². The summed E-state index contributed by atoms with van der Waals surface area (Å²) in [5.41, 5.74) is 4.46. The molecule has 0 saturated carbocycles. The molecule has 1 aromatic heterocycles. The summed E-state index contributed by atoms with van der Waals surface area (Å²) >= 11 is 5.61. The molecule has 0 atom stereocenters. The number of halogens is 1. The second-order valence-corrected chi connectivity index (χ2v) is 8.04. The maximum Gasteiger partial charge on any atom is 0.253 e. The number of pyridine rings is 1. The number of nitrogens with one attached hydrogen (secondary N) is 2. The quantitative estimate of drug-likeness (QED) is 0.405. The van der Waals surface area contributed by atoms with E-state index >= 15 is 0 Å². The number of thiocarbonyl (C=S) groups is 1. The highest BCUT2D eigenvalue weighted by molar-refractivity contribution is 7.80. The van der Waals surface area contributed by atoms with Gasteiger partial charge in [0.1, 0.15) is 5.82 Å². The van der Waals surface area contributed by atoms with E-state index in [4.69, 9.17) is 17.0 Å². The molecule has 0 spiro atoms. The number of hydrogen-bond acceptors (Lipinski definition) is 3. The van der Waals surface area contributed by atoms with E-state index < -0.39 is 0 Å². The average Bonchev–Trinajstić information content (AvgIpc) is 2.76. The lowest BCUT2D eigenvalue weighted by molar-refractivity contribution is 0.195. The van der Waals surface area contributed by atoms with Crippen molar-refractivity contribution in [1.82, 2.24) is 15.2 Å². The van der Waals surface area contributed by atoms with Crippen LogP contribution in [0.5, 0.6) is 0 Å². The van der Waals surface area contributed by atoms with Gasteiger partial charge in [-0.25, -0.2) is 4.39 Å². The van der Waals surface area contributed by atoms with E-state index in [1.807, 2.05) is 30.9 Å². The Hall–Kier alpha value is -2.77. The lowest BCUT2D eigenvalue weighted by Gasteiger charge is -2.26. The number of rotatable bonds is 8. The van der Waals surface area contributed by atoms with E-state index in [2.05, 4.69) is 16.4 Å². The molecule has 3 aromatic rings. The van der Waals surface area contributed by atoms with E-state index in [0.717, 1.165) is 34.0 Å². The van der Waals surface area contributed by atoms with Crippen LogP contribution in [0.15, 0.2) is 47.3 Å². The molecule has 164 valence electrons. The van der Waals surface area contributed by atoms with Crippen LogP contribution in [0.4, 0.5) is 4.39 Å². The summed E-state index contributed by atoms with van der Waals surface area (Å²) in [6.07, 6.45) is 0.816. The lowest BCUT2D eigenvalue weighted by Crippen LogP contribution is -2.40. The third-order valence-electron chi connectivity index (χ3n) is 5.36. The van der Waals surface area contributed by atoms with Gasteiger partial charge in [-0.2, -0.15) is 0 Å². The van der Waals surface area contributed by atoms with Gasteiger partial charge in [0.25, 0.3) is 5.56 Å². The van der Waals surface area contributed by atoms with Crippen LogP contribution in [-0.2, 0) is 17.8 Å². The van der Waals surface area contributed by atoms with Crippen LogP contribution in [0.3, 0.4) is 0 Å². The standard InChI is InChI=1S/C24H28FN3O2S/c1-16-5-8-19-13-20(23(29)27-22(19)17(16)2)15-28(24(31)26-11-4-12-30-3)14-18-6-9-21(25)10-7-18/h5-10,13H,4,11-12,14-15H2,1-3H3,(H,26,31)(H,27,29). The van der Waals surface area contributed by atoms with Crippen LogP contribution in [0.2, 0.25) is 0 Å². The molecule has 31 heavy (non-hydrogen) atoms. The van der Waals surface area contributed by atoms with Crippen LogP contribution < -0.4 is 10.9 Å². The van der Waals surface area contributed by atoms with Gasteiger partial charge in [0.05, 0.1) is 12.1 Å². The van der Waals surface area contributed by atoms with Crippen molar-refractivity contribution >= 4 is 28.2 Å². The maximum absolute atomic E-state index is 13.3. The molecular weight excluding hydrogens is 413 g/mol. The fourth-order valence-corrected chi connectivity index (χ4v) is 3.66. The van der Waals surface area contributed by atoms with E-state index in [-0.39, 0.29) is 11.4 Å². The zero-order valence-electron chi connectivity index (χ0n) is 18.1. The first-order valence-corrected chi connectivity index (χ1v) is 10.7. The molecule has 0 unspecified atom stereocenters. The first kappa shape index (κ1) is 22.9. The summed E-state index contributed by atoms with van der Waals surface area (Å²) in [4.78, 5) is 17.8. The Morgan fingerprint density at radius 3 is 2.61 bits per heavy atom. The molecule has 1 heterocycles. The second-order valence-electron chi connectivity index (χ2n) is 7.66. The number of nitrogens with zero attached hydrogens (tertiary/aromatic N) is 1. The number of hydrogen-bond donors (Lipinski definition) is 2. The Balaban J connectivity index is 1.87. The minimum Gasteiger partial charge on any atom is -0.385 e. The van der Waals surface area contributed by atoms with Gasteiger partial charge in [0, 0.05) is 32.4 Å². The fraction of sp³-hybridized carbons (Fsp3) is 0.333. The molecule has 0 aliphatic rings. The van der Waals surface area contributed by atoms with Crippen LogP contribution in [0.25, 0.3) is 10.9 Å². The van der Waals surface area contributed by atoms with Crippen molar-refractivity contribution < 1.29 is 9.13 Å². The van der Waals surface area contributed by atoms with Gasteiger partial charge in [0.15, 0.2) is 5.11 Å². The molecular formula is C24H28FN3O2S. The summed E-state index contributed by atoms with van der Waals surface area (Å²) in [7, 11) is 1.66. The number of methoxy groups -OCH3 is 1.